The van der Waals surface area contributed by atoms with Crippen LogP contribution in [0.15, 0.2) is 121 Å². The van der Waals surface area contributed by atoms with Gasteiger partial charge in [0.2, 0.25) is 17.6 Å². The monoisotopic (exact) mass is 1150 g/mol. The van der Waals surface area contributed by atoms with Crippen LogP contribution in [0.5, 0.6) is 0 Å². The second-order valence-electron chi connectivity index (χ2n) is 23.1. The summed E-state index contributed by atoms with van der Waals surface area (Å²) in [7, 11) is 0. The van der Waals surface area contributed by atoms with Gasteiger partial charge in [0.1, 0.15) is 18.1 Å². The van der Waals surface area contributed by atoms with Gasteiger partial charge in [0.15, 0.2) is 0 Å². The van der Waals surface area contributed by atoms with Crippen molar-refractivity contribution in [2.75, 3.05) is 0 Å². The molecule has 0 bridgehead atoms. The van der Waals surface area contributed by atoms with Crippen LogP contribution in [0.3, 0.4) is 0 Å². The van der Waals surface area contributed by atoms with E-state index in [0.717, 1.165) is 71.2 Å². The summed E-state index contributed by atoms with van der Waals surface area (Å²) < 4.78 is 0. The summed E-state index contributed by atoms with van der Waals surface area (Å²) in [5, 5.41) is 49.1. The molecule has 2 amide bonds. The lowest BCUT2D eigenvalue weighted by Gasteiger charge is -2.32. The fourth-order valence-electron chi connectivity index (χ4n) is 9.03. The number of rotatable bonds is 27. The van der Waals surface area contributed by atoms with Gasteiger partial charge >= 0.3 is 17.9 Å². The number of carboxylic acid groups (broad SMARTS) is 3. The molecule has 6 rings (SSSR count). The van der Waals surface area contributed by atoms with E-state index in [1.54, 1.807) is 0 Å². The van der Waals surface area contributed by atoms with Gasteiger partial charge in [0, 0.05) is 50.6 Å². The van der Waals surface area contributed by atoms with E-state index in [2.05, 4.69) is 83.2 Å². The molecule has 4 atom stereocenters. The molecule has 0 aliphatic heterocycles. The second kappa shape index (κ2) is 36.9. The largest absolute Gasteiger partial charge is 0.480 e. The first-order valence-corrected chi connectivity index (χ1v) is 29.7. The molecule has 5 aromatic carbocycles. The van der Waals surface area contributed by atoms with E-state index in [1.165, 1.54) is 26.5 Å². The zero-order chi connectivity index (χ0) is 62.5. The summed E-state index contributed by atoms with van der Waals surface area (Å²) in [6.45, 7) is 30.2. The van der Waals surface area contributed by atoms with E-state index in [0.29, 0.717) is 43.7 Å². The molecule has 6 N–H and O–H groups in total. The van der Waals surface area contributed by atoms with Gasteiger partial charge in [0.05, 0.1) is 0 Å². The molecule has 16 heteroatoms. The minimum atomic E-state index is -0.976. The molecule has 1 heterocycles. The van der Waals surface area contributed by atoms with Gasteiger partial charge in [-0.2, -0.15) is 5.21 Å². The average molecular weight is 1150 g/mol. The van der Waals surface area contributed by atoms with Crippen molar-refractivity contribution < 1.29 is 39.3 Å². The third kappa shape index (κ3) is 24.3. The van der Waals surface area contributed by atoms with Crippen LogP contribution in [0.25, 0.3) is 22.5 Å². The molecule has 16 nitrogen and oxygen atoms in total. The van der Waals surface area contributed by atoms with Crippen LogP contribution >= 0.6 is 0 Å². The van der Waals surface area contributed by atoms with E-state index < -0.39 is 36.0 Å². The number of benzene rings is 5. The maximum atomic E-state index is 12.9. The predicted molar refractivity (Wildman–Crippen MR) is 336 cm³/mol. The van der Waals surface area contributed by atoms with Crippen LogP contribution < -0.4 is 10.6 Å². The van der Waals surface area contributed by atoms with Gasteiger partial charge in [-0.1, -0.05) is 220 Å². The normalized spacial score (nSPS) is 12.4. The number of carbonyl (C=O) groups excluding carboxylic acids is 2. The molecule has 0 saturated heterocycles. The highest BCUT2D eigenvalue weighted by Crippen LogP contribution is 2.30. The van der Waals surface area contributed by atoms with Gasteiger partial charge in [-0.05, 0) is 103 Å². The molecule has 1 aromatic heterocycles. The lowest BCUT2D eigenvalue weighted by Crippen LogP contribution is -2.47. The average Bonchev–Trinajstić information content (AvgIpc) is 3.81. The molecular formula is C68H96N8O8. The van der Waals surface area contributed by atoms with Gasteiger partial charge in [-0.15, -0.1) is 10.2 Å². The fraction of sp³-hybridized carbons (Fsp3) is 0.471. The Kier molecular flexibility index (Phi) is 31.1. The number of carboxylic acids is 3. The number of unbranched alkanes of at least 4 members (excludes halogenated alkanes) is 2. The number of nitrogens with one attached hydrogen (secondary N) is 3. The number of hydrogen-bond donors (Lipinski definition) is 6. The lowest BCUT2D eigenvalue weighted by molar-refractivity contribution is -0.153. The topological polar surface area (TPSA) is 231 Å². The number of aryl methyl sites for hydroxylation is 3. The van der Waals surface area contributed by atoms with Crippen molar-refractivity contribution in [3.05, 3.63) is 160 Å². The lowest BCUT2D eigenvalue weighted by atomic mass is 9.97. The summed E-state index contributed by atoms with van der Waals surface area (Å²) in [6, 6.07) is 38.7. The van der Waals surface area contributed by atoms with Gasteiger partial charge < -0.3 is 35.8 Å². The third-order valence-electron chi connectivity index (χ3n) is 14.5. The Balaban J connectivity index is 0.000000310. The van der Waals surface area contributed by atoms with E-state index in [9.17, 15) is 34.2 Å². The Morgan fingerprint density at radius 2 is 0.881 bits per heavy atom. The molecule has 6 aromatic rings. The molecule has 4 unspecified atom stereocenters. The van der Waals surface area contributed by atoms with Crippen molar-refractivity contribution in [2.24, 2.45) is 23.7 Å². The maximum Gasteiger partial charge on any atom is 0.326 e. The van der Waals surface area contributed by atoms with Crippen molar-refractivity contribution >= 4 is 29.7 Å². The van der Waals surface area contributed by atoms with Crippen LogP contribution in [-0.4, -0.2) is 99.6 Å². The van der Waals surface area contributed by atoms with Crippen LogP contribution in [0.1, 0.15) is 154 Å². The number of H-pyrrole nitrogens is 1. The molecule has 0 saturated carbocycles. The quantitative estimate of drug-likeness (QED) is 0.0282. The van der Waals surface area contributed by atoms with Crippen LogP contribution in [0.2, 0.25) is 0 Å². The van der Waals surface area contributed by atoms with Crippen LogP contribution in [-0.2, 0) is 50.2 Å². The zero-order valence-corrected chi connectivity index (χ0v) is 52.4. The van der Waals surface area contributed by atoms with E-state index >= 15 is 0 Å². The number of hydrogen-bond acceptors (Lipinski definition) is 10. The van der Waals surface area contributed by atoms with Crippen molar-refractivity contribution in [1.29, 1.82) is 0 Å². The second-order valence-corrected chi connectivity index (χ2v) is 23.1. The minimum absolute atomic E-state index is 0.0801. The number of amides is 2. The summed E-state index contributed by atoms with van der Waals surface area (Å²) >= 11 is 0. The summed E-state index contributed by atoms with van der Waals surface area (Å²) in [5.74, 6) is -1.94. The number of nitrogens with zero attached hydrogens (tertiary/aromatic N) is 5. The highest BCUT2D eigenvalue weighted by molar-refractivity contribution is 5.85. The number of tetrazole rings is 1. The van der Waals surface area contributed by atoms with Crippen LogP contribution in [0.4, 0.5) is 0 Å². The van der Waals surface area contributed by atoms with Gasteiger partial charge in [0.25, 0.3) is 0 Å². The van der Waals surface area contributed by atoms with E-state index in [1.807, 2.05) is 166 Å². The Hall–Kier alpha value is -7.56. The molecule has 0 aliphatic rings. The SMILES string of the molecule is CCCCC(=O)N(Cc1ccc(-c2ccccc2-c2nn[nH]n2)cc1)C(C(=O)O)C(C)C.CCCCC(=O)N(Cc1ccc(C)cc1)C(C(=O)O)C(C)C.Cc1ccc(CNC(C(=O)O)C(C)C)cc1.Cc1ccc(CNC(C)C(C)C)cc1. The smallest absolute Gasteiger partial charge is 0.326 e. The van der Waals surface area contributed by atoms with Crippen molar-refractivity contribution in [3.63, 3.8) is 0 Å². The molecule has 84 heavy (non-hydrogen) atoms. The molecule has 0 radical (unpaired) electrons. The Bertz CT molecular complexity index is 2870. The molecule has 0 fully saturated rings. The first kappa shape index (κ1) is 70.7. The Labute approximate surface area is 500 Å². The summed E-state index contributed by atoms with van der Waals surface area (Å²) in [6.07, 6.45) is 4.08. The predicted octanol–water partition coefficient (Wildman–Crippen LogP) is 13.1. The van der Waals surface area contributed by atoms with Crippen molar-refractivity contribution in [3.8, 4) is 22.5 Å². The Morgan fingerprint density at radius 1 is 0.488 bits per heavy atom. The molecule has 456 valence electrons. The number of aromatic nitrogens is 4. The Morgan fingerprint density at radius 3 is 1.23 bits per heavy atom. The van der Waals surface area contributed by atoms with Gasteiger partial charge in [-0.25, -0.2) is 9.59 Å². The number of carbonyl (C=O) groups is 5. The van der Waals surface area contributed by atoms with Crippen molar-refractivity contribution in [2.45, 2.75) is 186 Å². The molecule has 0 aliphatic carbocycles. The standard InChI is InChI=1S/C24H29N5O3.C18H27NO3.C13H19NO2.C13H21N/c1-4-5-10-21(30)29(22(16(2)3)24(31)32)15-17-11-13-18(14-12-17)19-8-6-7-9-20(19)23-25-27-28-26-23;1-5-6-7-16(20)19(17(13(2)3)18(21)22)12-15-10-8-14(4)9-11-15;1-9(2)12(13(15)16)14-8-11-6-4-10(3)5-7-11;1-10(2)12(4)14-9-13-7-5-11(3)6-8-13/h6-9,11-14,16,22H,4-5,10,15H2,1-3H3,(H,31,32)(H,25,26,27,28);8-11,13,17H,5-7,12H2,1-4H3,(H,21,22);4-7,9,12,14H,8H2,1-3H3,(H,15,16);5-8,10,12,14H,9H2,1-4H3. The van der Waals surface area contributed by atoms with Crippen LogP contribution in [0, 0.1) is 44.4 Å². The first-order valence-electron chi connectivity index (χ1n) is 29.7. The maximum absolute atomic E-state index is 12.9. The summed E-state index contributed by atoms with van der Waals surface area (Å²) in [5.41, 5.74) is 10.8. The molecule has 0 spiro atoms. The fourth-order valence-corrected chi connectivity index (χ4v) is 9.03. The van der Waals surface area contributed by atoms with E-state index in [-0.39, 0.29) is 36.1 Å². The van der Waals surface area contributed by atoms with Gasteiger partial charge in [-0.3, -0.25) is 14.4 Å². The highest BCUT2D eigenvalue weighted by atomic mass is 16.4. The third-order valence-corrected chi connectivity index (χ3v) is 14.5. The highest BCUT2D eigenvalue weighted by Gasteiger charge is 2.33. The number of aliphatic carboxylic acids is 3. The molecular weight excluding hydrogens is 1060 g/mol. The zero-order valence-electron chi connectivity index (χ0n) is 52.4. The van der Waals surface area contributed by atoms with Crippen molar-refractivity contribution in [1.82, 2.24) is 41.1 Å². The first-order chi connectivity index (χ1) is 39.9. The number of aromatic amines is 1. The van der Waals surface area contributed by atoms with E-state index in [4.69, 9.17) is 5.11 Å². The minimum Gasteiger partial charge on any atom is -0.480 e. The summed E-state index contributed by atoms with van der Waals surface area (Å²) in [4.78, 5) is 62.9.